The maximum absolute atomic E-state index is 12.2. The Morgan fingerprint density at radius 1 is 0.537 bits per heavy atom. The molecule has 2 N–H and O–H groups in total. The Morgan fingerprint density at radius 3 is 1.26 bits per heavy atom. The third-order valence-electron chi connectivity index (χ3n) is 9.67. The van der Waals surface area contributed by atoms with Crippen LogP contribution in [0.15, 0.2) is 103 Å². The Morgan fingerprint density at radius 2 is 0.912 bits per heavy atom. The van der Waals surface area contributed by atoms with Crippen molar-refractivity contribution in [1.29, 1.82) is 0 Å². The fourth-order valence-corrected chi connectivity index (χ4v) is 6.72. The quantitative estimate of drug-likeness (QED) is 0.0672. The van der Waals surface area contributed by atoms with E-state index in [4.69, 9.17) is 113 Å². The van der Waals surface area contributed by atoms with Crippen molar-refractivity contribution in [1.82, 2.24) is 45.4 Å². The Bertz CT molecular complexity index is 3410. The lowest BCUT2D eigenvalue weighted by molar-refractivity contribution is -0.192. The van der Waals surface area contributed by atoms with Crippen LogP contribution in [0.2, 0.25) is 30.1 Å². The summed E-state index contributed by atoms with van der Waals surface area (Å²) in [6, 6.07) is 29.0. The molecule has 0 aliphatic heterocycles. The summed E-state index contributed by atoms with van der Waals surface area (Å²) in [5.74, 6) is -1.77. The van der Waals surface area contributed by atoms with E-state index in [1.807, 2.05) is 48.5 Å². The SMILES string of the molecule is CCOC(=O)c1nnn(Cc2ccc(OC)cc2)c1Oc1ccc(Cl)c(Cl)c1.COC(=O)c1[nH]nnc1Oc1ccc(Cl)c(Cl)c1.COC(=O)c1nnn(Cc2ccc(OC)cc2)c1Oc1ccc(Cl)c(Cl)c1.O=C(O)C(F)(F)F. The highest BCUT2D eigenvalue weighted by Gasteiger charge is 2.38. The van der Waals surface area contributed by atoms with E-state index in [0.717, 1.165) is 22.6 Å². The molecular formula is C49H40Cl6F3N9O13. The first kappa shape index (κ1) is 62.8. The van der Waals surface area contributed by atoms with Gasteiger partial charge in [0.25, 0.3) is 17.6 Å². The third kappa shape index (κ3) is 18.0. The Labute approximate surface area is 480 Å². The molecule has 0 amide bonds. The molecule has 8 rings (SSSR count). The van der Waals surface area contributed by atoms with Crippen LogP contribution in [-0.2, 0) is 32.1 Å². The average Bonchev–Trinajstić information content (AvgIpc) is 4.18. The molecule has 0 spiro atoms. The van der Waals surface area contributed by atoms with Gasteiger partial charge in [-0.15, -0.1) is 10.2 Å². The van der Waals surface area contributed by atoms with Crippen LogP contribution in [0.5, 0.6) is 46.4 Å². The number of carboxylic acids is 1. The van der Waals surface area contributed by atoms with Crippen LogP contribution in [0.25, 0.3) is 0 Å². The fraction of sp³-hybridized carbons (Fsp3) is 0.184. The number of aromatic amines is 1. The molecule has 22 nitrogen and oxygen atoms in total. The zero-order valence-electron chi connectivity index (χ0n) is 41.8. The zero-order valence-corrected chi connectivity index (χ0v) is 46.3. The van der Waals surface area contributed by atoms with Crippen LogP contribution < -0.4 is 23.7 Å². The van der Waals surface area contributed by atoms with Crippen molar-refractivity contribution in [3.8, 4) is 46.4 Å². The number of H-pyrrole nitrogens is 1. The minimum atomic E-state index is -5.08. The summed E-state index contributed by atoms with van der Waals surface area (Å²) in [6.07, 6.45) is -5.08. The Kier molecular flexibility index (Phi) is 23.4. The minimum absolute atomic E-state index is 0.000221. The molecule has 31 heteroatoms. The third-order valence-corrected chi connectivity index (χ3v) is 11.9. The number of rotatable bonds is 16. The number of hydrogen-bond donors (Lipinski definition) is 2. The number of hydrogen-bond acceptors (Lipinski definition) is 18. The van der Waals surface area contributed by atoms with Gasteiger partial charge in [-0.1, -0.05) is 115 Å². The summed E-state index contributed by atoms with van der Waals surface area (Å²) < 4.78 is 76.4. The Hall–Kier alpha value is -8.07. The van der Waals surface area contributed by atoms with Crippen LogP contribution in [0.4, 0.5) is 13.2 Å². The maximum atomic E-state index is 12.2. The molecule has 3 aromatic heterocycles. The molecule has 0 aliphatic rings. The largest absolute Gasteiger partial charge is 0.497 e. The van der Waals surface area contributed by atoms with Crippen molar-refractivity contribution in [3.63, 3.8) is 0 Å². The molecule has 422 valence electrons. The van der Waals surface area contributed by atoms with Gasteiger partial charge in [0.05, 0.1) is 78.3 Å². The van der Waals surface area contributed by atoms with Gasteiger partial charge in [-0.3, -0.25) is 0 Å². The summed E-state index contributed by atoms with van der Waals surface area (Å²) in [5, 5.41) is 34.6. The smallest absolute Gasteiger partial charge is 0.490 e. The first-order chi connectivity index (χ1) is 38.1. The van der Waals surface area contributed by atoms with Gasteiger partial charge in [-0.25, -0.2) is 33.6 Å². The molecule has 8 aromatic rings. The molecular weight excluding hydrogens is 1190 g/mol. The number of alkyl halides is 3. The molecule has 0 radical (unpaired) electrons. The van der Waals surface area contributed by atoms with E-state index in [9.17, 15) is 27.6 Å². The molecule has 0 unspecified atom stereocenters. The molecule has 5 aromatic carbocycles. The predicted molar refractivity (Wildman–Crippen MR) is 283 cm³/mol. The number of carboxylic acid groups (broad SMARTS) is 1. The van der Waals surface area contributed by atoms with Gasteiger partial charge in [-0.05, 0) is 78.7 Å². The Balaban J connectivity index is 0.000000212. The molecule has 0 aliphatic carbocycles. The van der Waals surface area contributed by atoms with Gasteiger partial charge in [0, 0.05) is 18.2 Å². The molecule has 0 saturated carbocycles. The van der Waals surface area contributed by atoms with Gasteiger partial charge >= 0.3 is 30.1 Å². The topological polar surface area (TPSA) is 265 Å². The minimum Gasteiger partial charge on any atom is -0.497 e. The zero-order chi connectivity index (χ0) is 58.7. The van der Waals surface area contributed by atoms with E-state index in [0.29, 0.717) is 60.5 Å². The number of nitrogens with zero attached hydrogens (tertiary/aromatic N) is 8. The van der Waals surface area contributed by atoms with Gasteiger partial charge in [0.15, 0.2) is 0 Å². The summed E-state index contributed by atoms with van der Waals surface area (Å²) in [4.78, 5) is 44.5. The van der Waals surface area contributed by atoms with E-state index in [2.05, 4.69) is 40.8 Å². The number of aliphatic carboxylic acids is 1. The number of halogens is 9. The highest BCUT2D eigenvalue weighted by Crippen LogP contribution is 2.34. The van der Waals surface area contributed by atoms with Crippen LogP contribution >= 0.6 is 69.6 Å². The maximum Gasteiger partial charge on any atom is 0.490 e. The lowest BCUT2D eigenvalue weighted by Crippen LogP contribution is -2.21. The van der Waals surface area contributed by atoms with Gasteiger partial charge < -0.3 is 43.0 Å². The number of carbonyl (C=O) groups excluding carboxylic acids is 3. The lowest BCUT2D eigenvalue weighted by atomic mass is 10.2. The van der Waals surface area contributed by atoms with Crippen LogP contribution in [0, 0.1) is 0 Å². The van der Waals surface area contributed by atoms with E-state index in [-0.39, 0.29) is 41.3 Å². The van der Waals surface area contributed by atoms with Crippen molar-refractivity contribution in [2.24, 2.45) is 0 Å². The second kappa shape index (κ2) is 29.8. The second-order valence-corrected chi connectivity index (χ2v) is 17.5. The highest BCUT2D eigenvalue weighted by atomic mass is 35.5. The number of esters is 3. The second-order valence-electron chi connectivity index (χ2n) is 15.0. The van der Waals surface area contributed by atoms with Gasteiger partial charge in [0.1, 0.15) is 28.7 Å². The molecule has 0 bridgehead atoms. The van der Waals surface area contributed by atoms with E-state index < -0.39 is 30.1 Å². The van der Waals surface area contributed by atoms with Crippen molar-refractivity contribution < 1.29 is 75.4 Å². The van der Waals surface area contributed by atoms with Crippen molar-refractivity contribution in [3.05, 3.63) is 161 Å². The van der Waals surface area contributed by atoms with Gasteiger partial charge in [0.2, 0.25) is 17.1 Å². The van der Waals surface area contributed by atoms with Crippen molar-refractivity contribution in [2.75, 3.05) is 35.0 Å². The predicted octanol–water partition coefficient (Wildman–Crippen LogP) is 12.2. The number of carbonyl (C=O) groups is 4. The molecule has 0 saturated heterocycles. The van der Waals surface area contributed by atoms with Crippen LogP contribution in [0.1, 0.15) is 49.5 Å². The molecule has 0 fully saturated rings. The van der Waals surface area contributed by atoms with Gasteiger partial charge in [-0.2, -0.15) is 13.2 Å². The van der Waals surface area contributed by atoms with Crippen LogP contribution in [0.3, 0.4) is 0 Å². The van der Waals surface area contributed by atoms with Crippen molar-refractivity contribution in [2.45, 2.75) is 26.2 Å². The summed E-state index contributed by atoms with van der Waals surface area (Å²) >= 11 is 35.6. The lowest BCUT2D eigenvalue weighted by Gasteiger charge is -2.10. The molecule has 80 heavy (non-hydrogen) atoms. The standard InChI is InChI=1S/C19H17Cl2N3O4.C18H15Cl2N3O4.C10H7Cl2N3O3.C2HF3O2/c1-3-27-19(25)17-18(28-14-8-9-15(20)16(21)10-14)24(23-22-17)11-12-4-6-13(26-2)7-5-12;1-25-12-5-3-11(4-6-12)10-23-17(16(21-22-23)18(24)26-2)27-13-7-8-14(19)15(20)9-13;1-17-10(16)8-9(14-15-13-8)18-5-2-3-6(11)7(12)4-5;3-2(4,5)1(6)7/h4-10H,3,11H2,1-2H3;3-9H,10H2,1-2H3;2-4H,1H3,(H,13,14,15);(H,6,7). The van der Waals surface area contributed by atoms with Crippen LogP contribution in [-0.4, -0.2) is 116 Å². The molecule has 3 heterocycles. The number of nitrogens with one attached hydrogen (secondary N) is 1. The number of aromatic nitrogens is 9. The summed E-state index contributed by atoms with van der Waals surface area (Å²) in [5.41, 5.74) is 1.78. The van der Waals surface area contributed by atoms with E-state index in [1.54, 1.807) is 63.6 Å². The number of methoxy groups -OCH3 is 4. The average molecular weight is 1230 g/mol. The fourth-order valence-electron chi connectivity index (χ4n) is 5.86. The first-order valence-corrected chi connectivity index (χ1v) is 24.4. The summed E-state index contributed by atoms with van der Waals surface area (Å²) in [6.45, 7) is 2.56. The number of ether oxygens (including phenoxy) is 8. The van der Waals surface area contributed by atoms with E-state index >= 15 is 0 Å². The first-order valence-electron chi connectivity index (χ1n) is 22.2. The normalized spacial score (nSPS) is 10.5. The summed E-state index contributed by atoms with van der Waals surface area (Å²) in [7, 11) is 5.69. The monoisotopic (exact) mass is 1230 g/mol. The van der Waals surface area contributed by atoms with E-state index in [1.165, 1.54) is 35.7 Å². The highest BCUT2D eigenvalue weighted by molar-refractivity contribution is 6.43. The van der Waals surface area contributed by atoms with Crippen molar-refractivity contribution >= 4 is 93.5 Å². The molecule has 0 atom stereocenters. The number of benzene rings is 5.